The Morgan fingerprint density at radius 2 is 2.21 bits per heavy atom. The predicted octanol–water partition coefficient (Wildman–Crippen LogP) is 2.47. The van der Waals surface area contributed by atoms with Gasteiger partial charge >= 0.3 is 5.97 Å². The van der Waals surface area contributed by atoms with Gasteiger partial charge in [-0.2, -0.15) is 5.10 Å². The summed E-state index contributed by atoms with van der Waals surface area (Å²) in [5.41, 5.74) is 0.498. The van der Waals surface area contributed by atoms with Gasteiger partial charge in [0.05, 0.1) is 23.3 Å². The number of amides is 1. The van der Waals surface area contributed by atoms with E-state index in [1.54, 1.807) is 22.9 Å². The average molecular weight is 426 g/mol. The largest absolute Gasteiger partial charge is 0.481 e. The number of carboxylic acids is 1. The van der Waals surface area contributed by atoms with Crippen molar-refractivity contribution in [2.75, 3.05) is 25.0 Å². The molecule has 0 spiro atoms. The summed E-state index contributed by atoms with van der Waals surface area (Å²) in [5.74, 6) is -0.824. The van der Waals surface area contributed by atoms with E-state index in [2.05, 4.69) is 15.4 Å². The van der Waals surface area contributed by atoms with Crippen LogP contribution in [0.2, 0.25) is 5.02 Å². The first-order chi connectivity index (χ1) is 13.0. The molecule has 1 aromatic carbocycles. The van der Waals surface area contributed by atoms with Gasteiger partial charge in [-0.05, 0) is 37.0 Å². The molecular weight excluding hydrogens is 405 g/mol. The molecule has 1 aliphatic heterocycles. The third kappa shape index (κ3) is 3.72. The molecule has 0 bridgehead atoms. The van der Waals surface area contributed by atoms with Crippen LogP contribution in [0.15, 0.2) is 30.9 Å². The fraction of sp³-hybridized carbons (Fsp3) is 0.444. The number of hydrogen-bond acceptors (Lipinski definition) is 5. The van der Waals surface area contributed by atoms with E-state index >= 15 is 0 Å². The number of aromatic nitrogens is 3. The molecule has 2 heterocycles. The topological polar surface area (TPSA) is 100 Å². The SMILES string of the molecule is Cl.O=C(CN1C[C@@H]2CCC[C@@]2(C(=O)O)C1)Nc1cc(Cl)ccc1-n1cncn1. The fourth-order valence-corrected chi connectivity index (χ4v) is 4.57. The molecule has 10 heteroatoms. The van der Waals surface area contributed by atoms with Crippen LogP contribution in [0.5, 0.6) is 0 Å². The van der Waals surface area contributed by atoms with Gasteiger partial charge < -0.3 is 10.4 Å². The van der Waals surface area contributed by atoms with Gasteiger partial charge in [0.2, 0.25) is 5.91 Å². The summed E-state index contributed by atoms with van der Waals surface area (Å²) >= 11 is 6.08. The molecule has 2 aromatic rings. The molecule has 1 aliphatic carbocycles. The summed E-state index contributed by atoms with van der Waals surface area (Å²) in [6, 6.07) is 5.13. The van der Waals surface area contributed by atoms with Crippen LogP contribution in [0.25, 0.3) is 5.69 Å². The van der Waals surface area contributed by atoms with Crippen molar-refractivity contribution in [1.29, 1.82) is 0 Å². The third-order valence-electron chi connectivity index (χ3n) is 5.63. The number of nitrogens with one attached hydrogen (secondary N) is 1. The lowest BCUT2D eigenvalue weighted by atomic mass is 9.81. The molecule has 1 aromatic heterocycles. The normalized spacial score (nSPS) is 23.8. The van der Waals surface area contributed by atoms with E-state index < -0.39 is 11.4 Å². The highest BCUT2D eigenvalue weighted by atomic mass is 35.5. The molecule has 1 saturated heterocycles. The van der Waals surface area contributed by atoms with Gasteiger partial charge in [-0.25, -0.2) is 9.67 Å². The molecule has 4 rings (SSSR count). The first kappa shape index (κ1) is 20.6. The van der Waals surface area contributed by atoms with Crippen LogP contribution < -0.4 is 5.32 Å². The molecule has 150 valence electrons. The van der Waals surface area contributed by atoms with Crippen LogP contribution >= 0.6 is 24.0 Å². The van der Waals surface area contributed by atoms with Crippen molar-refractivity contribution in [3.8, 4) is 5.69 Å². The van der Waals surface area contributed by atoms with Crippen molar-refractivity contribution < 1.29 is 14.7 Å². The highest BCUT2D eigenvalue weighted by molar-refractivity contribution is 6.31. The molecule has 1 saturated carbocycles. The minimum absolute atomic E-state index is 0. The van der Waals surface area contributed by atoms with Crippen molar-refractivity contribution in [2.24, 2.45) is 11.3 Å². The first-order valence-corrected chi connectivity index (χ1v) is 9.26. The number of aliphatic carboxylic acids is 1. The van der Waals surface area contributed by atoms with Crippen molar-refractivity contribution in [1.82, 2.24) is 19.7 Å². The molecule has 1 amide bonds. The zero-order valence-corrected chi connectivity index (χ0v) is 16.6. The van der Waals surface area contributed by atoms with E-state index in [1.807, 2.05) is 4.90 Å². The summed E-state index contributed by atoms with van der Waals surface area (Å²) in [7, 11) is 0. The van der Waals surface area contributed by atoms with Crippen molar-refractivity contribution >= 4 is 41.6 Å². The number of hydrogen-bond donors (Lipinski definition) is 2. The number of benzene rings is 1. The van der Waals surface area contributed by atoms with E-state index in [4.69, 9.17) is 11.6 Å². The zero-order valence-electron chi connectivity index (χ0n) is 15.0. The van der Waals surface area contributed by atoms with E-state index in [1.165, 1.54) is 12.7 Å². The van der Waals surface area contributed by atoms with Gasteiger partial charge in [0.25, 0.3) is 0 Å². The average Bonchev–Trinajstić information content (AvgIpc) is 3.30. The third-order valence-corrected chi connectivity index (χ3v) is 5.87. The highest BCUT2D eigenvalue weighted by Gasteiger charge is 2.54. The minimum atomic E-state index is -0.740. The van der Waals surface area contributed by atoms with Crippen LogP contribution in [-0.2, 0) is 9.59 Å². The molecule has 0 unspecified atom stereocenters. The van der Waals surface area contributed by atoms with E-state index in [9.17, 15) is 14.7 Å². The Bertz CT molecular complexity index is 876. The predicted molar refractivity (Wildman–Crippen MR) is 106 cm³/mol. The quantitative estimate of drug-likeness (QED) is 0.762. The molecule has 2 fully saturated rings. The summed E-state index contributed by atoms with van der Waals surface area (Å²) in [6.07, 6.45) is 5.50. The Morgan fingerprint density at radius 3 is 2.89 bits per heavy atom. The molecule has 8 nitrogen and oxygen atoms in total. The van der Waals surface area contributed by atoms with E-state index in [0.29, 0.717) is 35.9 Å². The zero-order chi connectivity index (χ0) is 19.0. The Kier molecular flexibility index (Phi) is 5.92. The van der Waals surface area contributed by atoms with Crippen LogP contribution in [0, 0.1) is 11.3 Å². The molecule has 0 radical (unpaired) electrons. The maximum absolute atomic E-state index is 12.6. The second-order valence-electron chi connectivity index (χ2n) is 7.27. The van der Waals surface area contributed by atoms with Gasteiger partial charge in [-0.1, -0.05) is 18.0 Å². The van der Waals surface area contributed by atoms with Gasteiger partial charge in [0, 0.05) is 18.1 Å². The molecular formula is C18H21Cl2N5O3. The molecule has 2 N–H and O–H groups in total. The van der Waals surface area contributed by atoms with Crippen molar-refractivity contribution in [3.05, 3.63) is 35.9 Å². The summed E-state index contributed by atoms with van der Waals surface area (Å²) in [5, 5.41) is 17.1. The lowest BCUT2D eigenvalue weighted by molar-refractivity contribution is -0.149. The Balaban J connectivity index is 0.00000225. The second kappa shape index (κ2) is 8.06. The van der Waals surface area contributed by atoms with Crippen LogP contribution in [0.1, 0.15) is 19.3 Å². The minimum Gasteiger partial charge on any atom is -0.481 e. The lowest BCUT2D eigenvalue weighted by Crippen LogP contribution is -2.37. The molecule has 2 atom stereocenters. The Hall–Kier alpha value is -2.16. The van der Waals surface area contributed by atoms with Gasteiger partial charge in [-0.3, -0.25) is 14.5 Å². The van der Waals surface area contributed by atoms with E-state index in [-0.39, 0.29) is 30.8 Å². The number of likely N-dealkylation sites (tertiary alicyclic amines) is 1. The lowest BCUT2D eigenvalue weighted by Gasteiger charge is -2.23. The number of carbonyl (C=O) groups is 2. The number of halogens is 2. The van der Waals surface area contributed by atoms with Gasteiger partial charge in [0.1, 0.15) is 12.7 Å². The number of carboxylic acid groups (broad SMARTS) is 1. The smallest absolute Gasteiger partial charge is 0.311 e. The number of rotatable bonds is 5. The van der Waals surface area contributed by atoms with Crippen LogP contribution in [-0.4, -0.2) is 56.3 Å². The number of fused-ring (bicyclic) bond motifs is 1. The number of anilines is 1. The standard InChI is InChI=1S/C18H20ClN5O3.ClH/c19-13-3-4-15(24-11-20-10-21-24)14(6-13)22-16(25)8-23-7-12-2-1-5-18(12,9-23)17(26)27;/h3-4,6,10-12H,1-2,5,7-9H2,(H,22,25)(H,26,27);1H/t12-,18+;/m0./s1. The number of nitrogens with zero attached hydrogens (tertiary/aromatic N) is 4. The van der Waals surface area contributed by atoms with Crippen molar-refractivity contribution in [3.63, 3.8) is 0 Å². The van der Waals surface area contributed by atoms with Crippen LogP contribution in [0.4, 0.5) is 5.69 Å². The summed E-state index contributed by atoms with van der Waals surface area (Å²) in [6.45, 7) is 1.21. The Labute approximate surface area is 173 Å². The second-order valence-corrected chi connectivity index (χ2v) is 7.71. The first-order valence-electron chi connectivity index (χ1n) is 8.88. The summed E-state index contributed by atoms with van der Waals surface area (Å²) < 4.78 is 1.55. The Morgan fingerprint density at radius 1 is 1.39 bits per heavy atom. The molecule has 28 heavy (non-hydrogen) atoms. The monoisotopic (exact) mass is 425 g/mol. The summed E-state index contributed by atoms with van der Waals surface area (Å²) in [4.78, 5) is 30.3. The maximum Gasteiger partial charge on any atom is 0.311 e. The van der Waals surface area contributed by atoms with E-state index in [0.717, 1.165) is 12.8 Å². The van der Waals surface area contributed by atoms with Gasteiger partial charge in [0.15, 0.2) is 0 Å². The van der Waals surface area contributed by atoms with Gasteiger partial charge in [-0.15, -0.1) is 12.4 Å². The fourth-order valence-electron chi connectivity index (χ4n) is 4.40. The van der Waals surface area contributed by atoms with Crippen molar-refractivity contribution in [2.45, 2.75) is 19.3 Å². The molecule has 2 aliphatic rings. The number of carbonyl (C=O) groups excluding carboxylic acids is 1. The highest BCUT2D eigenvalue weighted by Crippen LogP contribution is 2.48. The van der Waals surface area contributed by atoms with Crippen LogP contribution in [0.3, 0.4) is 0 Å². The maximum atomic E-state index is 12.6.